The first-order valence-electron chi connectivity index (χ1n) is 8.10. The van der Waals surface area contributed by atoms with Crippen LogP contribution in [0.3, 0.4) is 0 Å². The van der Waals surface area contributed by atoms with Gasteiger partial charge >= 0.3 is 0 Å². The molecule has 10 heteroatoms. The number of benzene rings is 1. The van der Waals surface area contributed by atoms with Gasteiger partial charge in [-0.2, -0.15) is 0 Å². The molecule has 2 heterocycles. The Morgan fingerprint density at radius 3 is 2.63 bits per heavy atom. The highest BCUT2D eigenvalue weighted by molar-refractivity contribution is 7.99. The van der Waals surface area contributed by atoms with Crippen molar-refractivity contribution in [3.63, 3.8) is 0 Å². The van der Waals surface area contributed by atoms with Crippen LogP contribution in [0.4, 0.5) is 11.4 Å². The number of thioether (sulfide) groups is 1. The number of nitro benzene ring substituents is 1. The average molecular weight is 384 g/mol. The number of amides is 1. The summed E-state index contributed by atoms with van der Waals surface area (Å²) < 4.78 is 1.89. The lowest BCUT2D eigenvalue weighted by Crippen LogP contribution is -2.14. The largest absolute Gasteiger partial charge is 0.325 e. The molecule has 0 bridgehead atoms. The Labute approximate surface area is 159 Å². The van der Waals surface area contributed by atoms with Crippen LogP contribution in [0.2, 0.25) is 0 Å². The summed E-state index contributed by atoms with van der Waals surface area (Å²) in [6.45, 7) is 2.61. The number of nitro groups is 1. The zero-order valence-corrected chi connectivity index (χ0v) is 15.2. The fraction of sp³-hybridized carbons (Fsp3) is 0.176. The molecule has 138 valence electrons. The van der Waals surface area contributed by atoms with E-state index in [9.17, 15) is 14.9 Å². The van der Waals surface area contributed by atoms with Crippen molar-refractivity contribution in [3.05, 3.63) is 58.8 Å². The molecule has 1 aromatic carbocycles. The van der Waals surface area contributed by atoms with Gasteiger partial charge in [0.15, 0.2) is 11.0 Å². The highest BCUT2D eigenvalue weighted by Gasteiger charge is 2.15. The fourth-order valence-corrected chi connectivity index (χ4v) is 3.16. The summed E-state index contributed by atoms with van der Waals surface area (Å²) >= 11 is 1.26. The van der Waals surface area contributed by atoms with E-state index in [0.29, 0.717) is 28.9 Å². The molecule has 0 spiro atoms. The van der Waals surface area contributed by atoms with Crippen LogP contribution in [0.15, 0.2) is 53.8 Å². The predicted octanol–water partition coefficient (Wildman–Crippen LogP) is 3.00. The lowest BCUT2D eigenvalue weighted by Gasteiger charge is -2.07. The van der Waals surface area contributed by atoms with Crippen LogP contribution in [0.1, 0.15) is 6.92 Å². The normalized spacial score (nSPS) is 10.6. The van der Waals surface area contributed by atoms with Gasteiger partial charge in [-0.05, 0) is 31.2 Å². The van der Waals surface area contributed by atoms with Crippen LogP contribution in [0, 0.1) is 10.1 Å². The molecule has 2 aromatic heterocycles. The topological polar surface area (TPSA) is 116 Å². The molecule has 0 saturated carbocycles. The van der Waals surface area contributed by atoms with Gasteiger partial charge in [0.1, 0.15) is 5.69 Å². The number of rotatable bonds is 7. The quantitative estimate of drug-likeness (QED) is 0.378. The van der Waals surface area contributed by atoms with Crippen molar-refractivity contribution in [1.82, 2.24) is 19.7 Å². The fourth-order valence-electron chi connectivity index (χ4n) is 2.36. The van der Waals surface area contributed by atoms with E-state index >= 15 is 0 Å². The van der Waals surface area contributed by atoms with E-state index < -0.39 is 4.92 Å². The molecule has 0 radical (unpaired) electrons. The molecule has 27 heavy (non-hydrogen) atoms. The Morgan fingerprint density at radius 2 is 2.00 bits per heavy atom. The molecular formula is C17H16N6O3S. The molecule has 0 atom stereocenters. The second kappa shape index (κ2) is 8.41. The second-order valence-electron chi connectivity index (χ2n) is 5.41. The van der Waals surface area contributed by atoms with Gasteiger partial charge in [-0.15, -0.1) is 10.2 Å². The third-order valence-corrected chi connectivity index (χ3v) is 4.59. The Balaban J connectivity index is 1.63. The van der Waals surface area contributed by atoms with Crippen molar-refractivity contribution in [1.29, 1.82) is 0 Å². The van der Waals surface area contributed by atoms with Crippen LogP contribution < -0.4 is 5.32 Å². The van der Waals surface area contributed by atoms with Crippen LogP contribution in [0.5, 0.6) is 0 Å². The molecule has 0 unspecified atom stereocenters. The van der Waals surface area contributed by atoms with Crippen LogP contribution in [0.25, 0.3) is 11.5 Å². The zero-order chi connectivity index (χ0) is 19.2. The molecule has 0 aliphatic heterocycles. The molecular weight excluding hydrogens is 368 g/mol. The number of non-ortho nitro benzene ring substituents is 1. The number of hydrogen-bond donors (Lipinski definition) is 1. The summed E-state index contributed by atoms with van der Waals surface area (Å²) in [5, 5.41) is 22.3. The molecule has 0 saturated heterocycles. The summed E-state index contributed by atoms with van der Waals surface area (Å²) in [5.41, 5.74) is 1.19. The third kappa shape index (κ3) is 4.47. The zero-order valence-electron chi connectivity index (χ0n) is 14.4. The minimum Gasteiger partial charge on any atom is -0.325 e. The molecule has 1 amide bonds. The van der Waals surface area contributed by atoms with E-state index in [1.807, 2.05) is 29.7 Å². The Kier molecular flexibility index (Phi) is 5.77. The Morgan fingerprint density at radius 1 is 1.22 bits per heavy atom. The standard InChI is InChI=1S/C17H16N6O3S/c1-2-22-16(14-5-3-4-10-18-14)20-21-17(22)27-11-15(24)19-12-6-8-13(9-7-12)23(25)26/h3-10H,2,11H2,1H3,(H,19,24). The maximum absolute atomic E-state index is 12.1. The first-order valence-corrected chi connectivity index (χ1v) is 9.08. The number of pyridine rings is 1. The van der Waals surface area contributed by atoms with E-state index in [0.717, 1.165) is 0 Å². The maximum Gasteiger partial charge on any atom is 0.269 e. The molecule has 3 aromatic rings. The number of carbonyl (C=O) groups excluding carboxylic acids is 1. The van der Waals surface area contributed by atoms with E-state index in [1.165, 1.54) is 36.0 Å². The third-order valence-electron chi connectivity index (χ3n) is 3.62. The summed E-state index contributed by atoms with van der Waals surface area (Å²) in [6.07, 6.45) is 1.69. The number of carbonyl (C=O) groups is 1. The van der Waals surface area contributed by atoms with Crippen molar-refractivity contribution >= 4 is 29.0 Å². The molecule has 1 N–H and O–H groups in total. The molecule has 3 rings (SSSR count). The average Bonchev–Trinajstić information content (AvgIpc) is 3.10. The summed E-state index contributed by atoms with van der Waals surface area (Å²) in [4.78, 5) is 26.6. The monoisotopic (exact) mass is 384 g/mol. The SMILES string of the molecule is CCn1c(SCC(=O)Nc2ccc([N+](=O)[O-])cc2)nnc1-c1ccccn1. The van der Waals surface area contributed by atoms with Gasteiger partial charge in [-0.3, -0.25) is 19.9 Å². The van der Waals surface area contributed by atoms with Crippen molar-refractivity contribution < 1.29 is 9.72 Å². The minimum atomic E-state index is -0.488. The van der Waals surface area contributed by atoms with E-state index in [4.69, 9.17) is 0 Å². The van der Waals surface area contributed by atoms with Crippen molar-refractivity contribution in [2.45, 2.75) is 18.6 Å². The highest BCUT2D eigenvalue weighted by Crippen LogP contribution is 2.23. The van der Waals surface area contributed by atoms with E-state index in [2.05, 4.69) is 20.5 Å². The summed E-state index contributed by atoms with van der Waals surface area (Å²) in [7, 11) is 0. The molecule has 0 fully saturated rings. The summed E-state index contributed by atoms with van der Waals surface area (Å²) in [6, 6.07) is 11.2. The second-order valence-corrected chi connectivity index (χ2v) is 6.35. The van der Waals surface area contributed by atoms with Crippen LogP contribution in [-0.4, -0.2) is 36.3 Å². The number of nitrogens with zero attached hydrogens (tertiary/aromatic N) is 5. The molecule has 0 aliphatic carbocycles. The minimum absolute atomic E-state index is 0.0273. The van der Waals surface area contributed by atoms with Gasteiger partial charge < -0.3 is 9.88 Å². The van der Waals surface area contributed by atoms with Crippen molar-refractivity contribution in [2.24, 2.45) is 0 Å². The number of nitrogens with one attached hydrogen (secondary N) is 1. The van der Waals surface area contributed by atoms with Crippen LogP contribution >= 0.6 is 11.8 Å². The highest BCUT2D eigenvalue weighted by atomic mass is 32.2. The van der Waals surface area contributed by atoms with E-state index in [1.54, 1.807) is 6.20 Å². The smallest absolute Gasteiger partial charge is 0.269 e. The van der Waals surface area contributed by atoms with Crippen LogP contribution in [-0.2, 0) is 11.3 Å². The number of aromatic nitrogens is 4. The molecule has 9 nitrogen and oxygen atoms in total. The first kappa shape index (κ1) is 18.5. The first-order chi connectivity index (χ1) is 13.1. The Bertz CT molecular complexity index is 943. The van der Waals surface area contributed by atoms with Gasteiger partial charge in [0, 0.05) is 30.6 Å². The maximum atomic E-state index is 12.1. The predicted molar refractivity (Wildman–Crippen MR) is 101 cm³/mol. The number of anilines is 1. The number of hydrogen-bond acceptors (Lipinski definition) is 7. The van der Waals surface area contributed by atoms with Gasteiger partial charge in [0.25, 0.3) is 5.69 Å². The Hall–Kier alpha value is -3.27. The lowest BCUT2D eigenvalue weighted by molar-refractivity contribution is -0.384. The molecule has 0 aliphatic rings. The van der Waals surface area contributed by atoms with Gasteiger partial charge in [0.05, 0.1) is 10.7 Å². The summed E-state index contributed by atoms with van der Waals surface area (Å²) in [5.74, 6) is 0.549. The van der Waals surface area contributed by atoms with Gasteiger partial charge in [-0.1, -0.05) is 17.8 Å². The lowest BCUT2D eigenvalue weighted by atomic mass is 10.3. The van der Waals surface area contributed by atoms with Gasteiger partial charge in [-0.25, -0.2) is 0 Å². The van der Waals surface area contributed by atoms with Crippen molar-refractivity contribution in [3.8, 4) is 11.5 Å². The van der Waals surface area contributed by atoms with E-state index in [-0.39, 0.29) is 17.3 Å². The van der Waals surface area contributed by atoms with Gasteiger partial charge in [0.2, 0.25) is 5.91 Å². The van der Waals surface area contributed by atoms with Crippen molar-refractivity contribution in [2.75, 3.05) is 11.1 Å².